The van der Waals surface area contributed by atoms with Gasteiger partial charge in [0.15, 0.2) is 0 Å². The molecule has 6 nitrogen and oxygen atoms in total. The van der Waals surface area contributed by atoms with Crippen molar-refractivity contribution in [1.82, 2.24) is 14.8 Å². The van der Waals surface area contributed by atoms with Gasteiger partial charge in [-0.1, -0.05) is 54.1 Å². The molecule has 1 aromatic heterocycles. The van der Waals surface area contributed by atoms with Crippen molar-refractivity contribution in [2.45, 2.75) is 46.2 Å². The van der Waals surface area contributed by atoms with Crippen LogP contribution in [0, 0.1) is 6.92 Å². The highest BCUT2D eigenvalue weighted by Crippen LogP contribution is 2.24. The number of rotatable bonds is 4. The molecule has 0 N–H and O–H groups in total. The third-order valence-corrected chi connectivity index (χ3v) is 6.68. The number of fused-ring (bicyclic) bond motifs is 1. The number of carbonyl (C=O) groups is 2. The minimum atomic E-state index is 0.0217. The summed E-state index contributed by atoms with van der Waals surface area (Å²) in [6.07, 6.45) is 3.95. The third-order valence-electron chi connectivity index (χ3n) is 6.68. The highest BCUT2D eigenvalue weighted by atomic mass is 16.2. The number of benzene rings is 2. The van der Waals surface area contributed by atoms with Gasteiger partial charge in [-0.15, -0.1) is 0 Å². The van der Waals surface area contributed by atoms with Crippen LogP contribution in [0.15, 0.2) is 72.9 Å². The monoisotopic (exact) mass is 484 g/mol. The van der Waals surface area contributed by atoms with Crippen LogP contribution >= 0.6 is 0 Å². The lowest BCUT2D eigenvalue weighted by molar-refractivity contribution is -0.131. The van der Waals surface area contributed by atoms with Crippen LogP contribution < -0.4 is 4.90 Å². The first-order chi connectivity index (χ1) is 17.5. The van der Waals surface area contributed by atoms with E-state index in [2.05, 4.69) is 16.0 Å². The molecule has 0 aliphatic carbocycles. The van der Waals surface area contributed by atoms with E-state index in [0.29, 0.717) is 26.1 Å². The van der Waals surface area contributed by atoms with Gasteiger partial charge in [-0.2, -0.15) is 0 Å². The smallest absolute Gasteiger partial charge is 0.227 e. The zero-order chi connectivity index (χ0) is 25.3. The molecular weight excluding hydrogens is 448 g/mol. The molecule has 3 aromatic rings. The largest absolute Gasteiger partial charge is 0.338 e. The lowest BCUT2D eigenvalue weighted by Crippen LogP contribution is -2.38. The first-order valence-electron chi connectivity index (χ1n) is 12.8. The van der Waals surface area contributed by atoms with Gasteiger partial charge in [0, 0.05) is 58.1 Å². The highest BCUT2D eigenvalue weighted by molar-refractivity contribution is 5.92. The topological polar surface area (TPSA) is 56.8 Å². The summed E-state index contributed by atoms with van der Waals surface area (Å²) in [5.74, 6) is 0.131. The molecule has 0 fully saturated rings. The summed E-state index contributed by atoms with van der Waals surface area (Å²) in [5.41, 5.74) is 5.13. The maximum Gasteiger partial charge on any atom is 0.227 e. The van der Waals surface area contributed by atoms with E-state index in [4.69, 9.17) is 0 Å². The molecule has 1 aliphatic heterocycles. The van der Waals surface area contributed by atoms with Crippen molar-refractivity contribution in [2.24, 2.45) is 0 Å². The van der Waals surface area contributed by atoms with Crippen molar-refractivity contribution >= 4 is 17.5 Å². The summed E-state index contributed by atoms with van der Waals surface area (Å²) < 4.78 is 0. The number of pyridine rings is 1. The van der Waals surface area contributed by atoms with E-state index in [1.54, 1.807) is 6.92 Å². The quantitative estimate of drug-likeness (QED) is 0.543. The first-order valence-corrected chi connectivity index (χ1v) is 12.8. The normalized spacial score (nSPS) is 15.5. The van der Waals surface area contributed by atoms with Crippen LogP contribution in [0.4, 0.5) is 5.69 Å². The number of carbonyl (C=O) groups excluding carboxylic acids is 2. The molecule has 2 amide bonds. The molecular formula is C30H36N4O2. The van der Waals surface area contributed by atoms with Gasteiger partial charge in [0.2, 0.25) is 11.8 Å². The number of nitrogens with zero attached hydrogens (tertiary/aromatic N) is 4. The number of hydrogen-bond acceptors (Lipinski definition) is 4. The summed E-state index contributed by atoms with van der Waals surface area (Å²) in [5, 5.41) is 0. The lowest BCUT2D eigenvalue weighted by atomic mass is 10.1. The SMILES string of the molecule is CC(=O)N1CCCN(Cc2ccccn2)CCCN(C(=O)Cc2cccc(C)c2)Cc2ccccc21. The zero-order valence-corrected chi connectivity index (χ0v) is 21.4. The van der Waals surface area contributed by atoms with Gasteiger partial charge in [-0.05, 0) is 49.1 Å². The number of para-hydroxylation sites is 1. The predicted molar refractivity (Wildman–Crippen MR) is 144 cm³/mol. The van der Waals surface area contributed by atoms with Crippen molar-refractivity contribution in [3.05, 3.63) is 95.3 Å². The van der Waals surface area contributed by atoms with Crippen LogP contribution in [0.2, 0.25) is 0 Å². The Kier molecular flexibility index (Phi) is 8.85. The Morgan fingerprint density at radius 3 is 2.42 bits per heavy atom. The van der Waals surface area contributed by atoms with Gasteiger partial charge in [-0.3, -0.25) is 19.5 Å². The molecule has 188 valence electrons. The van der Waals surface area contributed by atoms with Crippen LogP contribution in [0.25, 0.3) is 0 Å². The van der Waals surface area contributed by atoms with Gasteiger partial charge in [0.1, 0.15) is 0 Å². The van der Waals surface area contributed by atoms with Crippen LogP contribution in [0.3, 0.4) is 0 Å². The van der Waals surface area contributed by atoms with Crippen molar-refractivity contribution in [3.8, 4) is 0 Å². The Bertz CT molecular complexity index is 1160. The van der Waals surface area contributed by atoms with Crippen molar-refractivity contribution < 1.29 is 9.59 Å². The Morgan fingerprint density at radius 2 is 1.67 bits per heavy atom. The molecule has 0 radical (unpaired) electrons. The maximum absolute atomic E-state index is 13.5. The van der Waals surface area contributed by atoms with E-state index in [1.165, 1.54) is 0 Å². The van der Waals surface area contributed by atoms with E-state index < -0.39 is 0 Å². The van der Waals surface area contributed by atoms with E-state index in [1.807, 2.05) is 83.6 Å². The Labute approximate surface area is 214 Å². The van der Waals surface area contributed by atoms with Crippen LogP contribution in [0.1, 0.15) is 42.1 Å². The van der Waals surface area contributed by atoms with E-state index >= 15 is 0 Å². The molecule has 0 saturated heterocycles. The molecule has 2 aromatic carbocycles. The summed E-state index contributed by atoms with van der Waals surface area (Å²) in [6, 6.07) is 22.1. The minimum Gasteiger partial charge on any atom is -0.338 e. The number of hydrogen-bond donors (Lipinski definition) is 0. The summed E-state index contributed by atoms with van der Waals surface area (Å²) in [4.78, 5) is 36.9. The average molecular weight is 485 g/mol. The van der Waals surface area contributed by atoms with E-state index in [-0.39, 0.29) is 11.8 Å². The Morgan fingerprint density at radius 1 is 0.889 bits per heavy atom. The molecule has 0 saturated carbocycles. The fourth-order valence-corrected chi connectivity index (χ4v) is 4.89. The van der Waals surface area contributed by atoms with Crippen molar-refractivity contribution in [1.29, 1.82) is 0 Å². The second kappa shape index (κ2) is 12.5. The van der Waals surface area contributed by atoms with Gasteiger partial charge in [0.25, 0.3) is 0 Å². The Hall–Kier alpha value is -3.51. The lowest BCUT2D eigenvalue weighted by Gasteiger charge is -2.31. The highest BCUT2D eigenvalue weighted by Gasteiger charge is 2.21. The molecule has 2 heterocycles. The maximum atomic E-state index is 13.5. The molecule has 0 atom stereocenters. The second-order valence-corrected chi connectivity index (χ2v) is 9.58. The fraction of sp³-hybridized carbons (Fsp3) is 0.367. The zero-order valence-electron chi connectivity index (χ0n) is 21.4. The van der Waals surface area contributed by atoms with Gasteiger partial charge >= 0.3 is 0 Å². The van der Waals surface area contributed by atoms with Gasteiger partial charge in [0.05, 0.1) is 12.1 Å². The molecule has 1 aliphatic rings. The third kappa shape index (κ3) is 7.01. The molecule has 0 unspecified atom stereocenters. The summed E-state index contributed by atoms with van der Waals surface area (Å²) in [7, 11) is 0. The van der Waals surface area contributed by atoms with E-state index in [0.717, 1.165) is 60.5 Å². The molecule has 4 rings (SSSR count). The molecule has 0 bridgehead atoms. The van der Waals surface area contributed by atoms with Crippen molar-refractivity contribution in [2.75, 3.05) is 31.1 Å². The molecule has 36 heavy (non-hydrogen) atoms. The molecule has 6 heteroatoms. The number of aryl methyl sites for hydroxylation is 1. The van der Waals surface area contributed by atoms with Crippen LogP contribution in [0.5, 0.6) is 0 Å². The summed E-state index contributed by atoms with van der Waals surface area (Å²) >= 11 is 0. The summed E-state index contributed by atoms with van der Waals surface area (Å²) in [6.45, 7) is 7.95. The number of anilines is 1. The number of aromatic nitrogens is 1. The molecule has 0 spiro atoms. The first kappa shape index (κ1) is 25.6. The predicted octanol–water partition coefficient (Wildman–Crippen LogP) is 4.61. The second-order valence-electron chi connectivity index (χ2n) is 9.58. The standard InChI is InChI=1S/C30H36N4O2/c1-24-10-7-11-26(20-24)21-30(36)33-18-8-16-32(23-28-13-5-6-15-31-28)17-9-19-34(25(2)35)29-14-4-3-12-27(29)22-33/h3-7,10-15,20H,8-9,16-19,21-23H2,1-2H3. The minimum absolute atomic E-state index is 0.0217. The number of amides is 2. The van der Waals surface area contributed by atoms with Crippen molar-refractivity contribution in [3.63, 3.8) is 0 Å². The van der Waals surface area contributed by atoms with E-state index in [9.17, 15) is 9.59 Å². The average Bonchev–Trinajstić information content (AvgIpc) is 2.86. The van der Waals surface area contributed by atoms with Crippen LogP contribution in [-0.4, -0.2) is 52.8 Å². The van der Waals surface area contributed by atoms with Crippen LogP contribution in [-0.2, 0) is 29.1 Å². The van der Waals surface area contributed by atoms with Gasteiger partial charge in [-0.25, -0.2) is 0 Å². The van der Waals surface area contributed by atoms with Gasteiger partial charge < -0.3 is 9.80 Å². The fourth-order valence-electron chi connectivity index (χ4n) is 4.89. The Balaban J connectivity index is 1.59.